The lowest BCUT2D eigenvalue weighted by Crippen LogP contribution is -2.22. The van der Waals surface area contributed by atoms with Crippen LogP contribution in [0.25, 0.3) is 11.0 Å². The maximum Gasteiger partial charge on any atom is 0.349 e. The van der Waals surface area contributed by atoms with Crippen LogP contribution in [0.15, 0.2) is 48.6 Å². The van der Waals surface area contributed by atoms with Gasteiger partial charge in [0.25, 0.3) is 0 Å². The van der Waals surface area contributed by atoms with Crippen molar-refractivity contribution < 1.29 is 0 Å². The highest BCUT2D eigenvalue weighted by molar-refractivity contribution is 5.74. The number of rotatable bonds is 4. The Kier molecular flexibility index (Phi) is 2.72. The molecule has 2 heterocycles. The van der Waals surface area contributed by atoms with Crippen LogP contribution in [-0.4, -0.2) is 14.1 Å². The monoisotopic (exact) mass is 215 g/mol. The molecule has 0 N–H and O–H groups in total. The molecule has 0 aliphatic carbocycles. The summed E-state index contributed by atoms with van der Waals surface area (Å²) in [6, 6.07) is 1.94. The van der Waals surface area contributed by atoms with Crippen LogP contribution in [0.2, 0.25) is 0 Å². The van der Waals surface area contributed by atoms with E-state index in [-0.39, 0.29) is 5.69 Å². The lowest BCUT2D eigenvalue weighted by Gasteiger charge is -2.03. The molecule has 2 aromatic rings. The van der Waals surface area contributed by atoms with Crippen molar-refractivity contribution in [2.75, 3.05) is 0 Å². The second-order valence-electron chi connectivity index (χ2n) is 3.50. The second kappa shape index (κ2) is 4.18. The average Bonchev–Trinajstić information content (AvgIpc) is 2.63. The fraction of sp³-hybridized carbons (Fsp3) is 0.167. The van der Waals surface area contributed by atoms with Gasteiger partial charge in [-0.05, 0) is 6.07 Å². The van der Waals surface area contributed by atoms with E-state index in [1.807, 2.05) is 16.8 Å². The molecule has 0 saturated heterocycles. The zero-order chi connectivity index (χ0) is 11.5. The van der Waals surface area contributed by atoms with Crippen molar-refractivity contribution in [3.05, 3.63) is 54.3 Å². The van der Waals surface area contributed by atoms with Crippen LogP contribution in [0.4, 0.5) is 0 Å². The summed E-state index contributed by atoms with van der Waals surface area (Å²) in [5.74, 6) is 0. The number of hydrogen-bond donors (Lipinski definition) is 0. The SMILES string of the molecule is C=CCn1cc2ccn(CC=C)c2nc1=O. The predicted molar refractivity (Wildman–Crippen MR) is 64.4 cm³/mol. The average molecular weight is 215 g/mol. The highest BCUT2D eigenvalue weighted by atomic mass is 16.1. The van der Waals surface area contributed by atoms with E-state index in [1.165, 1.54) is 4.57 Å². The van der Waals surface area contributed by atoms with E-state index in [0.29, 0.717) is 18.7 Å². The van der Waals surface area contributed by atoms with Gasteiger partial charge in [-0.25, -0.2) is 4.79 Å². The Labute approximate surface area is 93.2 Å². The van der Waals surface area contributed by atoms with E-state index in [1.54, 1.807) is 18.3 Å². The Morgan fingerprint density at radius 1 is 1.25 bits per heavy atom. The molecule has 0 unspecified atom stereocenters. The Balaban J connectivity index is 2.61. The third kappa shape index (κ3) is 1.69. The van der Waals surface area contributed by atoms with E-state index in [4.69, 9.17) is 0 Å². The molecule has 0 aliphatic rings. The molecule has 2 rings (SSSR count). The first-order valence-electron chi connectivity index (χ1n) is 5.04. The number of hydrogen-bond acceptors (Lipinski definition) is 2. The molecule has 4 heteroatoms. The minimum atomic E-state index is -0.253. The molecule has 82 valence electrons. The largest absolute Gasteiger partial charge is 0.349 e. The Morgan fingerprint density at radius 3 is 2.62 bits per heavy atom. The van der Waals surface area contributed by atoms with Gasteiger partial charge in [0.2, 0.25) is 0 Å². The molecule has 0 saturated carbocycles. The van der Waals surface area contributed by atoms with Gasteiger partial charge in [-0.15, -0.1) is 13.2 Å². The highest BCUT2D eigenvalue weighted by Crippen LogP contribution is 2.10. The lowest BCUT2D eigenvalue weighted by atomic mass is 10.4. The summed E-state index contributed by atoms with van der Waals surface area (Å²) in [6.45, 7) is 8.41. The van der Waals surface area contributed by atoms with E-state index in [2.05, 4.69) is 18.1 Å². The number of allylic oxidation sites excluding steroid dienone is 2. The van der Waals surface area contributed by atoms with E-state index < -0.39 is 0 Å². The molecule has 0 bridgehead atoms. The quantitative estimate of drug-likeness (QED) is 0.726. The molecule has 2 aromatic heterocycles. The summed E-state index contributed by atoms with van der Waals surface area (Å²) in [4.78, 5) is 15.7. The summed E-state index contributed by atoms with van der Waals surface area (Å²) in [7, 11) is 0. The summed E-state index contributed by atoms with van der Waals surface area (Å²) in [6.07, 6.45) is 7.15. The summed E-state index contributed by atoms with van der Waals surface area (Å²) >= 11 is 0. The van der Waals surface area contributed by atoms with Gasteiger partial charge >= 0.3 is 5.69 Å². The standard InChI is InChI=1S/C12H13N3O/c1-3-6-14-8-5-10-9-15(7-4-2)12(16)13-11(10)14/h3-5,8-9H,1-2,6-7H2. The van der Waals surface area contributed by atoms with E-state index >= 15 is 0 Å². The van der Waals surface area contributed by atoms with Crippen molar-refractivity contribution in [2.45, 2.75) is 13.1 Å². The minimum Gasteiger partial charge on any atom is -0.328 e. The number of fused-ring (bicyclic) bond motifs is 1. The van der Waals surface area contributed by atoms with Crippen molar-refractivity contribution in [1.82, 2.24) is 14.1 Å². The van der Waals surface area contributed by atoms with Gasteiger partial charge in [-0.1, -0.05) is 12.2 Å². The first-order chi connectivity index (χ1) is 7.76. The van der Waals surface area contributed by atoms with Crippen LogP contribution >= 0.6 is 0 Å². The maximum atomic E-state index is 11.6. The fourth-order valence-corrected chi connectivity index (χ4v) is 1.64. The van der Waals surface area contributed by atoms with Gasteiger partial charge in [0.05, 0.1) is 0 Å². The highest BCUT2D eigenvalue weighted by Gasteiger charge is 2.04. The van der Waals surface area contributed by atoms with Crippen LogP contribution in [0.3, 0.4) is 0 Å². The van der Waals surface area contributed by atoms with Gasteiger partial charge in [0.1, 0.15) is 5.65 Å². The van der Waals surface area contributed by atoms with Gasteiger partial charge in [0, 0.05) is 30.9 Å². The molecular weight excluding hydrogens is 202 g/mol. The van der Waals surface area contributed by atoms with Crippen molar-refractivity contribution in [1.29, 1.82) is 0 Å². The van der Waals surface area contributed by atoms with Crippen LogP contribution in [0.5, 0.6) is 0 Å². The minimum absolute atomic E-state index is 0.253. The molecule has 0 radical (unpaired) electrons. The molecular formula is C12H13N3O. The maximum absolute atomic E-state index is 11.6. The van der Waals surface area contributed by atoms with Crippen LogP contribution in [0.1, 0.15) is 0 Å². The van der Waals surface area contributed by atoms with Gasteiger partial charge < -0.3 is 4.57 Å². The van der Waals surface area contributed by atoms with Gasteiger partial charge in [-0.2, -0.15) is 4.98 Å². The van der Waals surface area contributed by atoms with Crippen LogP contribution < -0.4 is 5.69 Å². The molecule has 0 amide bonds. The van der Waals surface area contributed by atoms with E-state index in [9.17, 15) is 4.79 Å². The second-order valence-corrected chi connectivity index (χ2v) is 3.50. The molecule has 0 atom stereocenters. The first-order valence-corrected chi connectivity index (χ1v) is 5.04. The van der Waals surface area contributed by atoms with E-state index in [0.717, 1.165) is 5.39 Å². The van der Waals surface area contributed by atoms with Crippen molar-refractivity contribution >= 4 is 11.0 Å². The summed E-state index contributed by atoms with van der Waals surface area (Å²) in [5, 5.41) is 0.948. The summed E-state index contributed by atoms with van der Waals surface area (Å²) < 4.78 is 3.43. The molecule has 0 aromatic carbocycles. The summed E-state index contributed by atoms with van der Waals surface area (Å²) in [5.41, 5.74) is 0.446. The molecule has 0 fully saturated rings. The van der Waals surface area contributed by atoms with Crippen LogP contribution in [0, 0.1) is 0 Å². The van der Waals surface area contributed by atoms with Gasteiger partial charge in [-0.3, -0.25) is 4.57 Å². The van der Waals surface area contributed by atoms with Crippen molar-refractivity contribution in [2.24, 2.45) is 0 Å². The zero-order valence-electron chi connectivity index (χ0n) is 8.97. The molecule has 0 spiro atoms. The first kappa shape index (κ1) is 10.4. The molecule has 16 heavy (non-hydrogen) atoms. The third-order valence-corrected chi connectivity index (χ3v) is 2.36. The predicted octanol–water partition coefficient (Wildman–Crippen LogP) is 1.57. The van der Waals surface area contributed by atoms with Crippen LogP contribution in [-0.2, 0) is 13.1 Å². The lowest BCUT2D eigenvalue weighted by molar-refractivity contribution is 0.746. The normalized spacial score (nSPS) is 10.5. The molecule has 0 aliphatic heterocycles. The third-order valence-electron chi connectivity index (χ3n) is 2.36. The number of nitrogens with zero attached hydrogens (tertiary/aromatic N) is 3. The fourth-order valence-electron chi connectivity index (χ4n) is 1.64. The zero-order valence-corrected chi connectivity index (χ0v) is 8.97. The Hall–Kier alpha value is -2.10. The molecule has 4 nitrogen and oxygen atoms in total. The van der Waals surface area contributed by atoms with Crippen molar-refractivity contribution in [3.8, 4) is 0 Å². The van der Waals surface area contributed by atoms with Crippen molar-refractivity contribution in [3.63, 3.8) is 0 Å². The smallest absolute Gasteiger partial charge is 0.328 e. The van der Waals surface area contributed by atoms with Gasteiger partial charge in [0.15, 0.2) is 0 Å². The number of aromatic nitrogens is 3. The topological polar surface area (TPSA) is 39.8 Å². The Bertz CT molecular complexity index is 592. The Morgan fingerprint density at radius 2 is 1.94 bits per heavy atom.